The maximum absolute atomic E-state index is 12.2. The Hall–Kier alpha value is -2.40. The van der Waals surface area contributed by atoms with E-state index in [1.165, 1.54) is 11.6 Å². The van der Waals surface area contributed by atoms with E-state index in [1.54, 1.807) is 22.3 Å². The van der Waals surface area contributed by atoms with E-state index in [2.05, 4.69) is 6.07 Å². The van der Waals surface area contributed by atoms with Crippen LogP contribution in [0.1, 0.15) is 16.7 Å². The summed E-state index contributed by atoms with van der Waals surface area (Å²) in [5.74, 6) is -0.654. The van der Waals surface area contributed by atoms with Gasteiger partial charge in [0.2, 0.25) is 0 Å². The smallest absolute Gasteiger partial charge is 0.331 e. The van der Waals surface area contributed by atoms with Gasteiger partial charge >= 0.3 is 5.97 Å². The number of nitrogens with zero attached hydrogens (tertiary/aromatic N) is 1. The minimum absolute atomic E-state index is 0.156. The molecule has 2 heterocycles. The number of hydrogen-bond donors (Lipinski definition) is 0. The van der Waals surface area contributed by atoms with Crippen LogP contribution in [0.15, 0.2) is 47.2 Å². The molecule has 1 amide bonds. The first-order valence-corrected chi connectivity index (χ1v) is 8.38. The molecule has 1 aromatic heterocycles. The van der Waals surface area contributed by atoms with Crippen LogP contribution in [0.4, 0.5) is 0 Å². The molecule has 0 saturated heterocycles. The number of rotatable bonds is 4. The molecule has 2 aromatic rings. The van der Waals surface area contributed by atoms with E-state index < -0.39 is 5.97 Å². The van der Waals surface area contributed by atoms with Crippen molar-refractivity contribution < 1.29 is 14.3 Å². The molecule has 23 heavy (non-hydrogen) atoms. The Kier molecular flexibility index (Phi) is 4.88. The zero-order chi connectivity index (χ0) is 16.1. The molecule has 0 N–H and O–H groups in total. The van der Waals surface area contributed by atoms with Crippen LogP contribution in [0.3, 0.4) is 0 Å². The summed E-state index contributed by atoms with van der Waals surface area (Å²) >= 11 is 1.56. The molecule has 0 saturated carbocycles. The van der Waals surface area contributed by atoms with Crippen molar-refractivity contribution in [1.82, 2.24) is 4.90 Å². The molecule has 0 bridgehead atoms. The molecule has 0 spiro atoms. The maximum Gasteiger partial charge on any atom is 0.331 e. The molecule has 0 unspecified atom stereocenters. The van der Waals surface area contributed by atoms with Crippen LogP contribution in [0.5, 0.6) is 0 Å². The molecule has 118 valence electrons. The fraction of sp³-hybridized carbons (Fsp3) is 0.222. The number of benzene rings is 1. The van der Waals surface area contributed by atoms with E-state index in [1.807, 2.05) is 35.0 Å². The zero-order valence-corrected chi connectivity index (χ0v) is 13.4. The van der Waals surface area contributed by atoms with Gasteiger partial charge in [-0.1, -0.05) is 24.3 Å². The van der Waals surface area contributed by atoms with E-state index in [0.29, 0.717) is 13.1 Å². The van der Waals surface area contributed by atoms with Gasteiger partial charge < -0.3 is 9.64 Å². The Bertz CT molecular complexity index is 722. The fourth-order valence-corrected chi connectivity index (χ4v) is 3.14. The Balaban J connectivity index is 1.49. The Morgan fingerprint density at radius 2 is 2.04 bits per heavy atom. The van der Waals surface area contributed by atoms with Gasteiger partial charge in [-0.15, -0.1) is 0 Å². The van der Waals surface area contributed by atoms with E-state index in [0.717, 1.165) is 17.5 Å². The summed E-state index contributed by atoms with van der Waals surface area (Å²) in [5, 5.41) is 3.86. The Labute approximate surface area is 139 Å². The average Bonchev–Trinajstić information content (AvgIpc) is 3.11. The van der Waals surface area contributed by atoms with Crippen molar-refractivity contribution in [2.24, 2.45) is 0 Å². The number of ether oxygens (including phenoxy) is 1. The van der Waals surface area contributed by atoms with Crippen LogP contribution in [0.25, 0.3) is 6.08 Å². The lowest BCUT2D eigenvalue weighted by molar-refractivity contribution is -0.148. The normalized spacial score (nSPS) is 13.8. The minimum atomic E-state index is -0.498. The Morgan fingerprint density at radius 3 is 2.83 bits per heavy atom. The third-order valence-corrected chi connectivity index (χ3v) is 4.48. The van der Waals surface area contributed by atoms with Crippen LogP contribution in [-0.2, 0) is 27.3 Å². The summed E-state index contributed by atoms with van der Waals surface area (Å²) in [6.45, 7) is 1.03. The van der Waals surface area contributed by atoms with Gasteiger partial charge in [-0.25, -0.2) is 4.79 Å². The molecule has 3 rings (SSSR count). The van der Waals surface area contributed by atoms with Gasteiger partial charge in [0.1, 0.15) is 0 Å². The number of amides is 1. The van der Waals surface area contributed by atoms with Gasteiger partial charge in [0.25, 0.3) is 5.91 Å². The molecule has 1 aliphatic heterocycles. The molecular formula is C18H17NO3S. The molecule has 1 aromatic carbocycles. The topological polar surface area (TPSA) is 46.6 Å². The lowest BCUT2D eigenvalue weighted by Gasteiger charge is -2.28. The van der Waals surface area contributed by atoms with Gasteiger partial charge in [0, 0.05) is 19.2 Å². The molecular weight excluding hydrogens is 310 g/mol. The van der Waals surface area contributed by atoms with E-state index in [-0.39, 0.29) is 12.5 Å². The minimum Gasteiger partial charge on any atom is -0.452 e. The van der Waals surface area contributed by atoms with Crippen LogP contribution in [-0.4, -0.2) is 29.9 Å². The summed E-state index contributed by atoms with van der Waals surface area (Å²) in [6.07, 6.45) is 3.87. The summed E-state index contributed by atoms with van der Waals surface area (Å²) in [6, 6.07) is 10.0. The quantitative estimate of drug-likeness (QED) is 0.641. The number of hydrogen-bond acceptors (Lipinski definition) is 4. The van der Waals surface area contributed by atoms with Gasteiger partial charge in [-0.3, -0.25) is 4.79 Å². The molecule has 0 atom stereocenters. The Morgan fingerprint density at radius 1 is 1.22 bits per heavy atom. The summed E-state index contributed by atoms with van der Waals surface area (Å²) in [5.41, 5.74) is 3.40. The highest BCUT2D eigenvalue weighted by Gasteiger charge is 2.20. The highest BCUT2D eigenvalue weighted by atomic mass is 32.1. The first-order valence-electron chi connectivity index (χ1n) is 7.44. The average molecular weight is 327 g/mol. The van der Waals surface area contributed by atoms with E-state index in [9.17, 15) is 9.59 Å². The second-order valence-corrected chi connectivity index (χ2v) is 6.11. The second kappa shape index (κ2) is 7.24. The number of fused-ring (bicyclic) bond motifs is 1. The van der Waals surface area contributed by atoms with Crippen molar-refractivity contribution in [2.45, 2.75) is 13.0 Å². The molecule has 4 nitrogen and oxygen atoms in total. The summed E-state index contributed by atoms with van der Waals surface area (Å²) < 4.78 is 5.03. The van der Waals surface area contributed by atoms with E-state index in [4.69, 9.17) is 4.74 Å². The van der Waals surface area contributed by atoms with Gasteiger partial charge in [-0.05, 0) is 46.0 Å². The standard InChI is InChI=1S/C18H17NO3S/c20-17(12-22-18(21)6-5-14-8-10-23-13-14)19-9-7-15-3-1-2-4-16(15)11-19/h1-6,8,10,13H,7,9,11-12H2/b6-5+. The third kappa shape index (κ3) is 4.07. The fourth-order valence-electron chi connectivity index (χ4n) is 2.51. The van der Waals surface area contributed by atoms with Crippen LogP contribution >= 0.6 is 11.3 Å². The predicted octanol–water partition coefficient (Wildman–Crippen LogP) is 2.89. The largest absolute Gasteiger partial charge is 0.452 e. The number of thiophene rings is 1. The van der Waals surface area contributed by atoms with Gasteiger partial charge in [-0.2, -0.15) is 11.3 Å². The molecule has 1 aliphatic rings. The maximum atomic E-state index is 12.2. The van der Waals surface area contributed by atoms with Crippen LogP contribution < -0.4 is 0 Å². The van der Waals surface area contributed by atoms with Crippen molar-refractivity contribution >= 4 is 29.3 Å². The van der Waals surface area contributed by atoms with Crippen molar-refractivity contribution in [1.29, 1.82) is 0 Å². The van der Waals surface area contributed by atoms with Gasteiger partial charge in [0.05, 0.1) is 0 Å². The monoisotopic (exact) mass is 327 g/mol. The zero-order valence-electron chi connectivity index (χ0n) is 12.6. The van der Waals surface area contributed by atoms with E-state index >= 15 is 0 Å². The van der Waals surface area contributed by atoms with Crippen molar-refractivity contribution in [2.75, 3.05) is 13.2 Å². The molecule has 5 heteroatoms. The van der Waals surface area contributed by atoms with Crippen molar-refractivity contribution in [3.63, 3.8) is 0 Å². The highest BCUT2D eigenvalue weighted by molar-refractivity contribution is 7.08. The van der Waals surface area contributed by atoms with Crippen molar-refractivity contribution in [3.05, 3.63) is 63.9 Å². The van der Waals surface area contributed by atoms with Crippen LogP contribution in [0.2, 0.25) is 0 Å². The highest BCUT2D eigenvalue weighted by Crippen LogP contribution is 2.18. The second-order valence-electron chi connectivity index (χ2n) is 5.33. The predicted molar refractivity (Wildman–Crippen MR) is 89.9 cm³/mol. The number of carbonyl (C=O) groups excluding carboxylic acids is 2. The van der Waals surface area contributed by atoms with Gasteiger partial charge in [0.15, 0.2) is 6.61 Å². The molecule has 0 radical (unpaired) electrons. The third-order valence-electron chi connectivity index (χ3n) is 3.78. The number of carbonyl (C=O) groups is 2. The number of esters is 1. The summed E-state index contributed by atoms with van der Waals surface area (Å²) in [4.78, 5) is 25.6. The SMILES string of the molecule is O=C(/C=C/c1ccsc1)OCC(=O)N1CCc2ccccc2C1. The lowest BCUT2D eigenvalue weighted by atomic mass is 10.00. The first-order chi connectivity index (χ1) is 11.2. The van der Waals surface area contributed by atoms with Crippen molar-refractivity contribution in [3.8, 4) is 0 Å². The first kappa shape index (κ1) is 15.5. The lowest BCUT2D eigenvalue weighted by Crippen LogP contribution is -2.38. The molecule has 0 fully saturated rings. The van der Waals surface area contributed by atoms with Crippen LogP contribution in [0, 0.1) is 0 Å². The molecule has 0 aliphatic carbocycles. The summed E-state index contributed by atoms with van der Waals surface area (Å²) in [7, 11) is 0.